The summed E-state index contributed by atoms with van der Waals surface area (Å²) >= 11 is 8.06. The topological polar surface area (TPSA) is 35.0 Å². The van der Waals surface area contributed by atoms with E-state index in [0.29, 0.717) is 11.1 Å². The molecule has 1 unspecified atom stereocenters. The molecule has 0 radical (unpaired) electrons. The van der Waals surface area contributed by atoms with E-state index in [1.165, 1.54) is 0 Å². The summed E-state index contributed by atoms with van der Waals surface area (Å²) in [6, 6.07) is 0. The van der Waals surface area contributed by atoms with Crippen LogP contribution in [-0.4, -0.2) is 23.2 Å². The Bertz CT molecular complexity index is 329. The molecule has 0 spiro atoms. The first-order chi connectivity index (χ1) is 6.77. The van der Waals surface area contributed by atoms with Gasteiger partial charge >= 0.3 is 0 Å². The lowest BCUT2D eigenvalue weighted by Crippen LogP contribution is -2.17. The lowest BCUT2D eigenvalue weighted by molar-refractivity contribution is 0.0780. The summed E-state index contributed by atoms with van der Waals surface area (Å²) in [5.41, 5.74) is 0. The Balaban J connectivity index is 2.18. The Kier molecular flexibility index (Phi) is 3.57. The van der Waals surface area contributed by atoms with Crippen LogP contribution in [0.4, 0.5) is 0 Å². The SMILES string of the molecule is Clc1nc(C2CCCOC2)ncc1I. The molecule has 1 aromatic rings. The van der Waals surface area contributed by atoms with Crippen molar-refractivity contribution in [1.82, 2.24) is 9.97 Å². The van der Waals surface area contributed by atoms with Crippen molar-refractivity contribution in [1.29, 1.82) is 0 Å². The van der Waals surface area contributed by atoms with E-state index in [9.17, 15) is 0 Å². The standard InChI is InChI=1S/C9H10ClIN2O/c10-8-7(11)4-12-9(13-8)6-2-1-3-14-5-6/h4,6H,1-3,5H2. The van der Waals surface area contributed by atoms with Crippen molar-refractivity contribution in [3.63, 3.8) is 0 Å². The van der Waals surface area contributed by atoms with Gasteiger partial charge in [-0.3, -0.25) is 0 Å². The molecule has 1 saturated heterocycles. The van der Waals surface area contributed by atoms with Crippen LogP contribution in [0.3, 0.4) is 0 Å². The molecule has 0 aromatic carbocycles. The van der Waals surface area contributed by atoms with Crippen LogP contribution < -0.4 is 0 Å². The largest absolute Gasteiger partial charge is 0.381 e. The van der Waals surface area contributed by atoms with Crippen LogP contribution in [0.1, 0.15) is 24.6 Å². The molecule has 0 bridgehead atoms. The molecule has 0 saturated carbocycles. The second-order valence-electron chi connectivity index (χ2n) is 3.28. The van der Waals surface area contributed by atoms with Gasteiger partial charge in [-0.1, -0.05) is 11.6 Å². The molecule has 1 aliphatic rings. The van der Waals surface area contributed by atoms with Crippen LogP contribution in [0.2, 0.25) is 5.15 Å². The normalized spacial score (nSPS) is 22.3. The molecule has 76 valence electrons. The van der Waals surface area contributed by atoms with Gasteiger partial charge in [0.05, 0.1) is 10.2 Å². The number of halogens is 2. The molecule has 5 heteroatoms. The lowest BCUT2D eigenvalue weighted by atomic mass is 10.0. The molecule has 2 rings (SSSR count). The van der Waals surface area contributed by atoms with Crippen molar-refractivity contribution in [3.05, 3.63) is 20.7 Å². The van der Waals surface area contributed by atoms with Gasteiger partial charge in [-0.2, -0.15) is 0 Å². The van der Waals surface area contributed by atoms with Crippen LogP contribution in [0.15, 0.2) is 6.20 Å². The van der Waals surface area contributed by atoms with E-state index >= 15 is 0 Å². The number of rotatable bonds is 1. The van der Waals surface area contributed by atoms with E-state index < -0.39 is 0 Å². The first-order valence-corrected chi connectivity index (χ1v) is 5.98. The second kappa shape index (κ2) is 4.72. The van der Waals surface area contributed by atoms with Gasteiger partial charge in [0.15, 0.2) is 0 Å². The van der Waals surface area contributed by atoms with E-state index in [0.717, 1.165) is 35.4 Å². The highest BCUT2D eigenvalue weighted by Gasteiger charge is 2.19. The Labute approximate surface area is 101 Å². The molecule has 1 fully saturated rings. The average Bonchev–Trinajstić information content (AvgIpc) is 2.23. The highest BCUT2D eigenvalue weighted by molar-refractivity contribution is 14.1. The van der Waals surface area contributed by atoms with Gasteiger partial charge in [0.1, 0.15) is 11.0 Å². The third kappa shape index (κ3) is 2.35. The number of ether oxygens (including phenoxy) is 1. The molecular formula is C9H10ClIN2O. The Hall–Kier alpha value is 0.0600. The molecule has 2 heterocycles. The molecule has 3 nitrogen and oxygen atoms in total. The zero-order valence-corrected chi connectivity index (χ0v) is 10.5. The average molecular weight is 325 g/mol. The van der Waals surface area contributed by atoms with Crippen molar-refractivity contribution in [3.8, 4) is 0 Å². The summed E-state index contributed by atoms with van der Waals surface area (Å²) < 4.78 is 6.27. The predicted molar refractivity (Wildman–Crippen MR) is 62.6 cm³/mol. The van der Waals surface area contributed by atoms with E-state index in [-0.39, 0.29) is 0 Å². The minimum atomic E-state index is 0.318. The third-order valence-corrected chi connectivity index (χ3v) is 3.64. The van der Waals surface area contributed by atoms with Crippen molar-refractivity contribution in [2.45, 2.75) is 18.8 Å². The van der Waals surface area contributed by atoms with Crippen molar-refractivity contribution in [2.75, 3.05) is 13.2 Å². The molecule has 0 amide bonds. The van der Waals surface area contributed by atoms with Gasteiger partial charge in [0.2, 0.25) is 0 Å². The zero-order valence-electron chi connectivity index (χ0n) is 7.54. The summed E-state index contributed by atoms with van der Waals surface area (Å²) in [5.74, 6) is 1.13. The van der Waals surface area contributed by atoms with Crippen molar-refractivity contribution >= 4 is 34.2 Å². The lowest BCUT2D eigenvalue weighted by Gasteiger charge is -2.20. The molecule has 0 N–H and O–H groups in total. The smallest absolute Gasteiger partial charge is 0.146 e. The number of nitrogens with zero attached hydrogens (tertiary/aromatic N) is 2. The molecule has 14 heavy (non-hydrogen) atoms. The Morgan fingerprint density at radius 2 is 2.43 bits per heavy atom. The third-order valence-electron chi connectivity index (χ3n) is 2.25. The van der Waals surface area contributed by atoms with E-state index in [1.807, 2.05) is 0 Å². The first kappa shape index (κ1) is 10.6. The summed E-state index contributed by atoms with van der Waals surface area (Å²) in [5, 5.41) is 0.543. The van der Waals surface area contributed by atoms with Crippen molar-refractivity contribution < 1.29 is 4.74 Å². The fourth-order valence-electron chi connectivity index (χ4n) is 1.50. The minimum Gasteiger partial charge on any atom is -0.381 e. The fourth-order valence-corrected chi connectivity index (χ4v) is 1.90. The quantitative estimate of drug-likeness (QED) is 0.588. The number of hydrogen-bond donors (Lipinski definition) is 0. The maximum atomic E-state index is 5.93. The van der Waals surface area contributed by atoms with Gasteiger partial charge in [0, 0.05) is 18.7 Å². The van der Waals surface area contributed by atoms with E-state index in [4.69, 9.17) is 16.3 Å². The van der Waals surface area contributed by atoms with E-state index in [1.54, 1.807) is 6.20 Å². The summed E-state index contributed by atoms with van der Waals surface area (Å²) in [7, 11) is 0. The molecule has 0 aliphatic carbocycles. The summed E-state index contributed by atoms with van der Waals surface area (Å²) in [4.78, 5) is 8.54. The van der Waals surface area contributed by atoms with E-state index in [2.05, 4.69) is 32.6 Å². The predicted octanol–water partition coefficient (Wildman–Crippen LogP) is 2.63. The minimum absolute atomic E-state index is 0.318. The molecule has 1 aromatic heterocycles. The van der Waals surface area contributed by atoms with Gasteiger partial charge < -0.3 is 4.74 Å². The number of aromatic nitrogens is 2. The zero-order chi connectivity index (χ0) is 9.97. The first-order valence-electron chi connectivity index (χ1n) is 4.53. The highest BCUT2D eigenvalue weighted by atomic mass is 127. The van der Waals surface area contributed by atoms with Gasteiger partial charge in [0.25, 0.3) is 0 Å². The maximum absolute atomic E-state index is 5.93. The highest BCUT2D eigenvalue weighted by Crippen LogP contribution is 2.24. The van der Waals surface area contributed by atoms with Crippen LogP contribution in [-0.2, 0) is 4.74 Å². The molecule has 1 atom stereocenters. The Morgan fingerprint density at radius 1 is 1.57 bits per heavy atom. The van der Waals surface area contributed by atoms with Crippen LogP contribution in [0.25, 0.3) is 0 Å². The van der Waals surface area contributed by atoms with Crippen LogP contribution in [0.5, 0.6) is 0 Å². The van der Waals surface area contributed by atoms with Crippen LogP contribution >= 0.6 is 34.2 Å². The number of hydrogen-bond acceptors (Lipinski definition) is 3. The fraction of sp³-hybridized carbons (Fsp3) is 0.556. The summed E-state index contributed by atoms with van der Waals surface area (Å²) in [6.07, 6.45) is 3.94. The van der Waals surface area contributed by atoms with Crippen molar-refractivity contribution in [2.24, 2.45) is 0 Å². The summed E-state index contributed by atoms with van der Waals surface area (Å²) in [6.45, 7) is 1.57. The van der Waals surface area contributed by atoms with Gasteiger partial charge in [-0.05, 0) is 35.4 Å². The molecular weight excluding hydrogens is 314 g/mol. The monoisotopic (exact) mass is 324 g/mol. The molecule has 1 aliphatic heterocycles. The van der Waals surface area contributed by atoms with Gasteiger partial charge in [-0.15, -0.1) is 0 Å². The second-order valence-corrected chi connectivity index (χ2v) is 4.80. The Morgan fingerprint density at radius 3 is 3.07 bits per heavy atom. The maximum Gasteiger partial charge on any atom is 0.146 e. The van der Waals surface area contributed by atoms with Crippen LogP contribution in [0, 0.1) is 3.57 Å². The van der Waals surface area contributed by atoms with Gasteiger partial charge in [-0.25, -0.2) is 9.97 Å².